The fourth-order valence-corrected chi connectivity index (χ4v) is 2.28. The first-order valence-corrected chi connectivity index (χ1v) is 9.43. The van der Waals surface area contributed by atoms with Gasteiger partial charge in [-0.05, 0) is 49.9 Å². The number of nitrogens with one attached hydrogen (secondary N) is 2. The van der Waals surface area contributed by atoms with Crippen LogP contribution in [0.4, 0.5) is 0 Å². The van der Waals surface area contributed by atoms with Crippen molar-refractivity contribution in [1.29, 1.82) is 0 Å². The lowest BCUT2D eigenvalue weighted by atomic mass is 10.1. The minimum absolute atomic E-state index is 0.622. The van der Waals surface area contributed by atoms with Crippen molar-refractivity contribution in [2.75, 3.05) is 13.1 Å². The van der Waals surface area contributed by atoms with Gasteiger partial charge in [0, 0.05) is 19.1 Å². The molecule has 0 saturated carbocycles. The lowest BCUT2D eigenvalue weighted by Crippen LogP contribution is -2.29. The van der Waals surface area contributed by atoms with Gasteiger partial charge in [-0.25, -0.2) is 0 Å². The Kier molecular flexibility index (Phi) is 15.4. The third kappa shape index (κ3) is 12.2. The van der Waals surface area contributed by atoms with Crippen LogP contribution in [0.5, 0.6) is 0 Å². The van der Waals surface area contributed by atoms with Gasteiger partial charge < -0.3 is 16.4 Å². The van der Waals surface area contributed by atoms with Crippen LogP contribution in [0.15, 0.2) is 24.3 Å². The number of hydrogen-bond acceptors (Lipinski definition) is 3. The van der Waals surface area contributed by atoms with Crippen LogP contribution < -0.4 is 16.4 Å². The third-order valence-electron chi connectivity index (χ3n) is 3.79. The Labute approximate surface area is 144 Å². The van der Waals surface area contributed by atoms with Crippen LogP contribution in [-0.2, 0) is 13.1 Å². The predicted octanol–water partition coefficient (Wildman–Crippen LogP) is 4.21. The molecule has 1 aromatic rings. The van der Waals surface area contributed by atoms with Gasteiger partial charge in [-0.1, -0.05) is 58.4 Å². The highest BCUT2D eigenvalue weighted by atomic mass is 14.9. The van der Waals surface area contributed by atoms with Crippen LogP contribution in [0.25, 0.3) is 0 Å². The summed E-state index contributed by atoms with van der Waals surface area (Å²) in [5, 5.41) is 7.10. The van der Waals surface area contributed by atoms with E-state index in [0.717, 1.165) is 19.6 Å². The molecule has 0 saturated heterocycles. The molecule has 0 heterocycles. The molecule has 0 aliphatic carbocycles. The van der Waals surface area contributed by atoms with E-state index in [1.807, 2.05) is 0 Å². The molecular weight excluding hydrogens is 282 g/mol. The molecule has 3 heteroatoms. The molecule has 0 aromatic heterocycles. The highest BCUT2D eigenvalue weighted by molar-refractivity contribution is 5.22. The zero-order chi connectivity index (χ0) is 17.3. The van der Waals surface area contributed by atoms with E-state index in [0.29, 0.717) is 12.6 Å². The zero-order valence-electron chi connectivity index (χ0n) is 15.8. The van der Waals surface area contributed by atoms with Crippen LogP contribution >= 0.6 is 0 Å². The summed E-state index contributed by atoms with van der Waals surface area (Å²) in [5.41, 5.74) is 8.11. The molecule has 0 radical (unpaired) electrons. The van der Waals surface area contributed by atoms with E-state index in [4.69, 9.17) is 5.73 Å². The molecule has 1 rings (SSSR count). The fourth-order valence-electron chi connectivity index (χ4n) is 2.28. The molecule has 0 atom stereocenters. The first-order valence-electron chi connectivity index (χ1n) is 9.43. The van der Waals surface area contributed by atoms with Crippen LogP contribution in [-0.4, -0.2) is 19.1 Å². The van der Waals surface area contributed by atoms with Gasteiger partial charge in [-0.2, -0.15) is 0 Å². The third-order valence-corrected chi connectivity index (χ3v) is 3.79. The Hall–Kier alpha value is -0.900. The second kappa shape index (κ2) is 16.0. The second-order valence-corrected chi connectivity index (χ2v) is 6.08. The van der Waals surface area contributed by atoms with E-state index in [9.17, 15) is 0 Å². The van der Waals surface area contributed by atoms with Crippen LogP contribution in [0, 0.1) is 0 Å². The number of rotatable bonds is 11. The van der Waals surface area contributed by atoms with Crippen molar-refractivity contribution in [1.82, 2.24) is 10.6 Å². The first kappa shape index (κ1) is 22.1. The summed E-state index contributed by atoms with van der Waals surface area (Å²) in [7, 11) is 0. The van der Waals surface area contributed by atoms with E-state index in [-0.39, 0.29) is 0 Å². The smallest absolute Gasteiger partial charge is 0.0205 e. The Morgan fingerprint density at radius 1 is 0.870 bits per heavy atom. The monoisotopic (exact) mass is 321 g/mol. The van der Waals surface area contributed by atoms with Gasteiger partial charge in [0.05, 0.1) is 0 Å². The molecule has 1 aromatic carbocycles. The summed E-state index contributed by atoms with van der Waals surface area (Å²) in [5.74, 6) is 0. The Bertz CT molecular complexity index is 344. The number of benzene rings is 1. The first-order chi connectivity index (χ1) is 11.2. The average Bonchev–Trinajstić information content (AvgIpc) is 2.59. The molecule has 134 valence electrons. The van der Waals surface area contributed by atoms with E-state index < -0.39 is 0 Å². The number of unbranched alkanes of at least 4 members (excludes halogenated alkanes) is 1. The maximum absolute atomic E-state index is 5.59. The standard InChI is InChI=1S/C17H31N3.C3H8/c1-3-17(4-2)20-12-6-5-11-19-14-16-9-7-15(13-18)8-10-16;1-3-2/h7-10,17,19-20H,3-6,11-14,18H2,1-2H3;3H2,1-2H3. The molecular formula is C20H39N3. The van der Waals surface area contributed by atoms with Gasteiger partial charge in [-0.15, -0.1) is 0 Å². The van der Waals surface area contributed by atoms with Crippen molar-refractivity contribution in [2.45, 2.75) is 78.9 Å². The Morgan fingerprint density at radius 2 is 1.39 bits per heavy atom. The summed E-state index contributed by atoms with van der Waals surface area (Å²) in [4.78, 5) is 0. The van der Waals surface area contributed by atoms with Crippen molar-refractivity contribution in [3.63, 3.8) is 0 Å². The highest BCUT2D eigenvalue weighted by Gasteiger charge is 2.00. The summed E-state index contributed by atoms with van der Waals surface area (Å²) >= 11 is 0. The molecule has 0 unspecified atom stereocenters. The lowest BCUT2D eigenvalue weighted by molar-refractivity contribution is 0.470. The molecule has 0 fully saturated rings. The topological polar surface area (TPSA) is 50.1 Å². The Balaban J connectivity index is 0.00000149. The van der Waals surface area contributed by atoms with E-state index >= 15 is 0 Å². The second-order valence-electron chi connectivity index (χ2n) is 6.08. The molecule has 0 aliphatic rings. The van der Waals surface area contributed by atoms with Gasteiger partial charge in [0.25, 0.3) is 0 Å². The van der Waals surface area contributed by atoms with Gasteiger partial charge in [0.15, 0.2) is 0 Å². The molecule has 3 nitrogen and oxygen atoms in total. The van der Waals surface area contributed by atoms with Gasteiger partial charge >= 0.3 is 0 Å². The molecule has 0 amide bonds. The summed E-state index contributed by atoms with van der Waals surface area (Å²) in [6.07, 6.45) is 6.19. The summed E-state index contributed by atoms with van der Waals surface area (Å²) < 4.78 is 0. The Morgan fingerprint density at radius 3 is 1.91 bits per heavy atom. The largest absolute Gasteiger partial charge is 0.326 e. The van der Waals surface area contributed by atoms with Gasteiger partial charge in [0.1, 0.15) is 0 Å². The van der Waals surface area contributed by atoms with E-state index in [1.165, 1.54) is 43.2 Å². The molecule has 0 spiro atoms. The minimum Gasteiger partial charge on any atom is -0.326 e. The van der Waals surface area contributed by atoms with Crippen molar-refractivity contribution < 1.29 is 0 Å². The normalized spacial score (nSPS) is 10.5. The van der Waals surface area contributed by atoms with Crippen LogP contribution in [0.2, 0.25) is 0 Å². The van der Waals surface area contributed by atoms with E-state index in [2.05, 4.69) is 62.6 Å². The fraction of sp³-hybridized carbons (Fsp3) is 0.700. The maximum atomic E-state index is 5.59. The van der Waals surface area contributed by atoms with Crippen molar-refractivity contribution in [3.8, 4) is 0 Å². The zero-order valence-corrected chi connectivity index (χ0v) is 15.8. The molecule has 4 N–H and O–H groups in total. The lowest BCUT2D eigenvalue weighted by Gasteiger charge is -2.14. The summed E-state index contributed by atoms with van der Waals surface area (Å²) in [6, 6.07) is 9.23. The molecule has 0 aliphatic heterocycles. The highest BCUT2D eigenvalue weighted by Crippen LogP contribution is 2.03. The quantitative estimate of drug-likeness (QED) is 0.535. The number of nitrogens with two attached hydrogens (primary N) is 1. The maximum Gasteiger partial charge on any atom is 0.0205 e. The van der Waals surface area contributed by atoms with Crippen molar-refractivity contribution >= 4 is 0 Å². The van der Waals surface area contributed by atoms with Crippen LogP contribution in [0.1, 0.15) is 70.9 Å². The van der Waals surface area contributed by atoms with Gasteiger partial charge in [-0.3, -0.25) is 0 Å². The van der Waals surface area contributed by atoms with E-state index in [1.54, 1.807) is 0 Å². The predicted molar refractivity (Wildman–Crippen MR) is 104 cm³/mol. The van der Waals surface area contributed by atoms with Gasteiger partial charge in [0.2, 0.25) is 0 Å². The van der Waals surface area contributed by atoms with Crippen molar-refractivity contribution in [2.24, 2.45) is 5.73 Å². The summed E-state index contributed by atoms with van der Waals surface area (Å²) in [6.45, 7) is 12.5. The minimum atomic E-state index is 0.622. The van der Waals surface area contributed by atoms with Crippen LogP contribution in [0.3, 0.4) is 0 Å². The molecule has 0 bridgehead atoms. The van der Waals surface area contributed by atoms with Crippen molar-refractivity contribution in [3.05, 3.63) is 35.4 Å². The molecule has 23 heavy (non-hydrogen) atoms. The average molecular weight is 322 g/mol. The number of hydrogen-bond donors (Lipinski definition) is 3. The SMILES string of the molecule is CCC.CCC(CC)NCCCCNCc1ccc(CN)cc1.